The van der Waals surface area contributed by atoms with E-state index in [1.807, 2.05) is 19.1 Å². The van der Waals surface area contributed by atoms with E-state index in [4.69, 9.17) is 4.74 Å². The zero-order valence-corrected chi connectivity index (χ0v) is 19.7. The smallest absolute Gasteiger partial charge is 0.335 e. The number of ether oxygens (including phenoxy) is 1. The first-order valence-electron chi connectivity index (χ1n) is 10.9. The number of benzene rings is 1. The van der Waals surface area contributed by atoms with Crippen LogP contribution >= 0.6 is 0 Å². The SMILES string of the molecule is C=CC(=O)Oc1cc(C)ccc1-[n+]1c(C)ccc(CCCCCCCCC)c1C.[Cl-]. The Bertz CT molecular complexity index is 845. The number of hydrogen-bond donors (Lipinski definition) is 0. The number of carbonyl (C=O) groups is 1. The Hall–Kier alpha value is -2.13. The van der Waals surface area contributed by atoms with E-state index in [-0.39, 0.29) is 12.4 Å². The summed E-state index contributed by atoms with van der Waals surface area (Å²) in [6.45, 7) is 12.0. The number of halogens is 1. The van der Waals surface area contributed by atoms with Crippen molar-refractivity contribution in [2.24, 2.45) is 0 Å². The standard InChI is InChI=1S/C26H36NO2.ClH/c1-6-8-9-10-11-12-13-14-23-17-16-21(4)27(22(23)5)24-18-15-20(3)19-25(24)29-26(28)7-2;/h7,15-19H,2,6,8-14H2,1,3-5H3;1H/q+1;/p-1. The Morgan fingerprint density at radius 3 is 2.33 bits per heavy atom. The van der Waals surface area contributed by atoms with Gasteiger partial charge in [-0.15, -0.1) is 0 Å². The average Bonchev–Trinajstić information content (AvgIpc) is 2.70. The molecule has 0 aliphatic carbocycles. The van der Waals surface area contributed by atoms with Crippen LogP contribution in [0.5, 0.6) is 5.75 Å². The number of esters is 1. The molecule has 1 heterocycles. The molecule has 0 aliphatic rings. The molecule has 0 unspecified atom stereocenters. The van der Waals surface area contributed by atoms with E-state index in [9.17, 15) is 4.79 Å². The van der Waals surface area contributed by atoms with Gasteiger partial charge in [-0.1, -0.05) is 58.1 Å². The van der Waals surface area contributed by atoms with Crippen molar-refractivity contribution in [3.8, 4) is 11.4 Å². The van der Waals surface area contributed by atoms with E-state index >= 15 is 0 Å². The number of hydrogen-bond acceptors (Lipinski definition) is 2. The summed E-state index contributed by atoms with van der Waals surface area (Å²) in [6.07, 6.45) is 11.5. The maximum Gasteiger partial charge on any atom is 0.335 e. The zero-order valence-electron chi connectivity index (χ0n) is 19.0. The molecule has 30 heavy (non-hydrogen) atoms. The van der Waals surface area contributed by atoms with Crippen LogP contribution in [0.3, 0.4) is 0 Å². The molecule has 164 valence electrons. The van der Waals surface area contributed by atoms with Crippen molar-refractivity contribution in [1.29, 1.82) is 0 Å². The van der Waals surface area contributed by atoms with Gasteiger partial charge in [0.15, 0.2) is 11.4 Å². The first kappa shape index (κ1) is 25.9. The van der Waals surface area contributed by atoms with Gasteiger partial charge in [-0.3, -0.25) is 0 Å². The number of rotatable bonds is 11. The molecule has 0 bridgehead atoms. The van der Waals surface area contributed by atoms with E-state index in [0.29, 0.717) is 5.75 Å². The van der Waals surface area contributed by atoms with E-state index in [1.165, 1.54) is 62.3 Å². The van der Waals surface area contributed by atoms with Gasteiger partial charge in [0.2, 0.25) is 5.75 Å². The molecule has 0 saturated heterocycles. The number of aromatic nitrogens is 1. The highest BCUT2D eigenvalue weighted by Crippen LogP contribution is 2.23. The van der Waals surface area contributed by atoms with Gasteiger partial charge < -0.3 is 17.1 Å². The summed E-state index contributed by atoms with van der Waals surface area (Å²) in [4.78, 5) is 11.8. The van der Waals surface area contributed by atoms with Gasteiger partial charge in [0.1, 0.15) is 0 Å². The Balaban J connectivity index is 0.00000450. The van der Waals surface area contributed by atoms with Crippen LogP contribution in [-0.4, -0.2) is 5.97 Å². The molecular weight excluding hydrogens is 394 g/mol. The summed E-state index contributed by atoms with van der Waals surface area (Å²) in [5.74, 6) is 0.131. The molecule has 0 fully saturated rings. The molecule has 0 amide bonds. The Morgan fingerprint density at radius 1 is 1.00 bits per heavy atom. The molecule has 2 rings (SSSR count). The fraction of sp³-hybridized carbons (Fsp3) is 0.462. The highest BCUT2D eigenvalue weighted by molar-refractivity contribution is 5.83. The third kappa shape index (κ3) is 7.28. The monoisotopic (exact) mass is 429 g/mol. The van der Waals surface area contributed by atoms with Gasteiger partial charge in [-0.2, -0.15) is 4.57 Å². The molecule has 2 aromatic rings. The number of aryl methyl sites for hydroxylation is 3. The minimum atomic E-state index is -0.438. The molecular formula is C26H36ClNO2. The van der Waals surface area contributed by atoms with Crippen LogP contribution in [0.2, 0.25) is 0 Å². The van der Waals surface area contributed by atoms with Crippen LogP contribution in [0.4, 0.5) is 0 Å². The molecule has 0 atom stereocenters. The second-order valence-corrected chi connectivity index (χ2v) is 7.89. The summed E-state index contributed by atoms with van der Waals surface area (Å²) in [7, 11) is 0. The highest BCUT2D eigenvalue weighted by atomic mass is 35.5. The van der Waals surface area contributed by atoms with Gasteiger partial charge in [0.05, 0.1) is 0 Å². The molecule has 1 aromatic heterocycles. The van der Waals surface area contributed by atoms with Crippen LogP contribution in [0.15, 0.2) is 43.0 Å². The van der Waals surface area contributed by atoms with Crippen molar-refractivity contribution in [2.75, 3.05) is 0 Å². The lowest BCUT2D eigenvalue weighted by atomic mass is 10.0. The van der Waals surface area contributed by atoms with E-state index in [2.05, 4.69) is 50.1 Å². The van der Waals surface area contributed by atoms with Gasteiger partial charge >= 0.3 is 5.97 Å². The topological polar surface area (TPSA) is 30.2 Å². The van der Waals surface area contributed by atoms with Crippen molar-refractivity contribution in [1.82, 2.24) is 0 Å². The zero-order chi connectivity index (χ0) is 21.2. The van der Waals surface area contributed by atoms with Gasteiger partial charge in [-0.25, -0.2) is 4.79 Å². The van der Waals surface area contributed by atoms with Crippen molar-refractivity contribution in [2.45, 2.75) is 79.1 Å². The van der Waals surface area contributed by atoms with Gasteiger partial charge in [-0.05, 0) is 37.5 Å². The molecule has 0 saturated carbocycles. The largest absolute Gasteiger partial charge is 1.00 e. The quantitative estimate of drug-likeness (QED) is 0.180. The summed E-state index contributed by atoms with van der Waals surface area (Å²) < 4.78 is 7.74. The lowest BCUT2D eigenvalue weighted by Crippen LogP contribution is -3.00. The van der Waals surface area contributed by atoms with Crippen LogP contribution in [-0.2, 0) is 11.2 Å². The second kappa shape index (κ2) is 13.2. The fourth-order valence-corrected chi connectivity index (χ4v) is 3.77. The van der Waals surface area contributed by atoms with Crippen molar-refractivity contribution >= 4 is 5.97 Å². The van der Waals surface area contributed by atoms with Gasteiger partial charge in [0, 0.05) is 37.6 Å². The lowest BCUT2D eigenvalue weighted by molar-refractivity contribution is -0.610. The molecule has 0 radical (unpaired) electrons. The number of unbranched alkanes of at least 4 members (excludes halogenated alkanes) is 6. The minimum Gasteiger partial charge on any atom is -1.00 e. The fourth-order valence-electron chi connectivity index (χ4n) is 3.77. The molecule has 0 spiro atoms. The first-order chi connectivity index (χ1) is 14.0. The van der Waals surface area contributed by atoms with E-state index in [0.717, 1.165) is 23.4 Å². The van der Waals surface area contributed by atoms with E-state index in [1.54, 1.807) is 0 Å². The van der Waals surface area contributed by atoms with Gasteiger partial charge in [0.25, 0.3) is 5.69 Å². The summed E-state index contributed by atoms with van der Waals surface area (Å²) in [5.41, 5.74) is 5.62. The van der Waals surface area contributed by atoms with Crippen LogP contribution in [0.1, 0.15) is 74.4 Å². The Labute approximate surface area is 188 Å². The second-order valence-electron chi connectivity index (χ2n) is 7.89. The molecule has 0 N–H and O–H groups in total. The molecule has 0 aliphatic heterocycles. The Kier molecular flexibility index (Phi) is 11.4. The lowest BCUT2D eigenvalue weighted by Gasteiger charge is -2.12. The molecule has 4 heteroatoms. The number of pyridine rings is 1. The van der Waals surface area contributed by atoms with Crippen molar-refractivity contribution < 1.29 is 26.5 Å². The Morgan fingerprint density at radius 2 is 1.67 bits per heavy atom. The highest BCUT2D eigenvalue weighted by Gasteiger charge is 2.23. The molecule has 3 nitrogen and oxygen atoms in total. The normalized spacial score (nSPS) is 10.4. The predicted molar refractivity (Wildman–Crippen MR) is 120 cm³/mol. The minimum absolute atomic E-state index is 0. The summed E-state index contributed by atoms with van der Waals surface area (Å²) >= 11 is 0. The molecule has 1 aromatic carbocycles. The predicted octanol–water partition coefficient (Wildman–Crippen LogP) is 3.28. The maximum atomic E-state index is 11.8. The third-order valence-electron chi connectivity index (χ3n) is 5.46. The number of nitrogens with zero attached hydrogens (tertiary/aromatic N) is 1. The number of carbonyl (C=O) groups excluding carboxylic acids is 1. The van der Waals surface area contributed by atoms with Crippen LogP contribution < -0.4 is 21.7 Å². The average molecular weight is 430 g/mol. The maximum absolute atomic E-state index is 11.8. The summed E-state index contributed by atoms with van der Waals surface area (Å²) in [6, 6.07) is 10.4. The van der Waals surface area contributed by atoms with Crippen LogP contribution in [0.25, 0.3) is 5.69 Å². The van der Waals surface area contributed by atoms with Crippen molar-refractivity contribution in [3.63, 3.8) is 0 Å². The first-order valence-corrected chi connectivity index (χ1v) is 10.9. The summed E-state index contributed by atoms with van der Waals surface area (Å²) in [5, 5.41) is 0. The van der Waals surface area contributed by atoms with Crippen LogP contribution in [0, 0.1) is 20.8 Å². The van der Waals surface area contributed by atoms with Crippen molar-refractivity contribution in [3.05, 3.63) is 65.5 Å². The van der Waals surface area contributed by atoms with E-state index < -0.39 is 5.97 Å². The third-order valence-corrected chi connectivity index (χ3v) is 5.46.